The normalized spacial score (nSPS) is 12.0. The fourth-order valence-corrected chi connectivity index (χ4v) is 2.14. The molecule has 112 valence electrons. The molecule has 2 aromatic rings. The third-order valence-electron chi connectivity index (χ3n) is 3.27. The Morgan fingerprint density at radius 3 is 2.67 bits per heavy atom. The molecule has 0 radical (unpaired) electrons. The molecule has 1 unspecified atom stereocenters. The molecular formula is C16H21N3O2. The van der Waals surface area contributed by atoms with Gasteiger partial charge in [0.25, 0.3) is 5.56 Å². The molecule has 1 aromatic heterocycles. The van der Waals surface area contributed by atoms with E-state index >= 15 is 0 Å². The number of hydrogen-bond donors (Lipinski definition) is 2. The molecule has 2 N–H and O–H groups in total. The fraction of sp³-hybridized carbons (Fsp3) is 0.375. The van der Waals surface area contributed by atoms with Gasteiger partial charge in [0, 0.05) is 11.8 Å². The third kappa shape index (κ3) is 4.08. The van der Waals surface area contributed by atoms with E-state index in [1.54, 1.807) is 13.2 Å². The average Bonchev–Trinajstić information content (AvgIpc) is 2.47. The summed E-state index contributed by atoms with van der Waals surface area (Å²) >= 11 is 0. The highest BCUT2D eigenvalue weighted by molar-refractivity contribution is 5.35. The Labute approximate surface area is 124 Å². The number of H-pyrrole nitrogens is 1. The zero-order valence-corrected chi connectivity index (χ0v) is 12.6. The SMILES string of the molecule is CCCc1cc(=O)[nH]c(NC(C)c2ccc(OC)cc2)n1. The van der Waals surface area contributed by atoms with Crippen LogP contribution in [0.5, 0.6) is 5.75 Å². The van der Waals surface area contributed by atoms with Crippen molar-refractivity contribution in [2.75, 3.05) is 12.4 Å². The van der Waals surface area contributed by atoms with Crippen molar-refractivity contribution in [1.29, 1.82) is 0 Å². The Hall–Kier alpha value is -2.30. The van der Waals surface area contributed by atoms with Crippen molar-refractivity contribution in [3.05, 3.63) is 51.9 Å². The molecule has 0 aliphatic carbocycles. The van der Waals surface area contributed by atoms with Crippen LogP contribution in [0.25, 0.3) is 0 Å². The summed E-state index contributed by atoms with van der Waals surface area (Å²) in [6.07, 6.45) is 1.76. The highest BCUT2D eigenvalue weighted by Gasteiger charge is 2.08. The number of nitrogens with zero attached hydrogens (tertiary/aromatic N) is 1. The zero-order valence-electron chi connectivity index (χ0n) is 12.6. The van der Waals surface area contributed by atoms with E-state index < -0.39 is 0 Å². The summed E-state index contributed by atoms with van der Waals surface area (Å²) in [5.41, 5.74) is 1.78. The van der Waals surface area contributed by atoms with Crippen LogP contribution in [-0.2, 0) is 6.42 Å². The van der Waals surface area contributed by atoms with Crippen molar-refractivity contribution in [2.45, 2.75) is 32.7 Å². The van der Waals surface area contributed by atoms with Crippen LogP contribution in [-0.4, -0.2) is 17.1 Å². The number of ether oxygens (including phenoxy) is 1. The third-order valence-corrected chi connectivity index (χ3v) is 3.27. The first-order valence-corrected chi connectivity index (χ1v) is 7.13. The highest BCUT2D eigenvalue weighted by Crippen LogP contribution is 2.19. The molecule has 21 heavy (non-hydrogen) atoms. The minimum absolute atomic E-state index is 0.0379. The lowest BCUT2D eigenvalue weighted by molar-refractivity contribution is 0.414. The molecule has 0 aliphatic rings. The van der Waals surface area contributed by atoms with E-state index in [9.17, 15) is 4.79 Å². The van der Waals surface area contributed by atoms with Gasteiger partial charge in [0.1, 0.15) is 5.75 Å². The quantitative estimate of drug-likeness (QED) is 0.857. The second-order valence-electron chi connectivity index (χ2n) is 4.97. The van der Waals surface area contributed by atoms with Crippen LogP contribution in [0.1, 0.15) is 37.6 Å². The number of rotatable bonds is 6. The van der Waals surface area contributed by atoms with Gasteiger partial charge in [-0.3, -0.25) is 9.78 Å². The summed E-state index contributed by atoms with van der Waals surface area (Å²) in [6.45, 7) is 4.09. The average molecular weight is 287 g/mol. The largest absolute Gasteiger partial charge is 0.497 e. The van der Waals surface area contributed by atoms with Gasteiger partial charge >= 0.3 is 0 Å². The standard InChI is InChI=1S/C16H21N3O2/c1-4-5-13-10-15(20)19-16(18-13)17-11(2)12-6-8-14(21-3)9-7-12/h6-11H,4-5H2,1-3H3,(H2,17,18,19,20). The zero-order chi connectivity index (χ0) is 15.2. The van der Waals surface area contributed by atoms with Crippen LogP contribution in [0, 0.1) is 0 Å². The fourth-order valence-electron chi connectivity index (χ4n) is 2.14. The molecule has 0 bridgehead atoms. The summed E-state index contributed by atoms with van der Waals surface area (Å²) in [4.78, 5) is 18.8. The predicted molar refractivity (Wildman–Crippen MR) is 83.9 cm³/mol. The number of aryl methyl sites for hydroxylation is 1. The summed E-state index contributed by atoms with van der Waals surface area (Å²) in [6, 6.07) is 9.40. The van der Waals surface area contributed by atoms with E-state index in [1.165, 1.54) is 0 Å². The maximum absolute atomic E-state index is 11.6. The van der Waals surface area contributed by atoms with Crippen molar-refractivity contribution in [3.63, 3.8) is 0 Å². The summed E-state index contributed by atoms with van der Waals surface area (Å²) in [5, 5.41) is 3.23. The van der Waals surface area contributed by atoms with E-state index in [-0.39, 0.29) is 11.6 Å². The maximum atomic E-state index is 11.6. The van der Waals surface area contributed by atoms with Crippen molar-refractivity contribution < 1.29 is 4.74 Å². The molecule has 1 atom stereocenters. The lowest BCUT2D eigenvalue weighted by Gasteiger charge is -2.15. The van der Waals surface area contributed by atoms with Crippen LogP contribution < -0.4 is 15.6 Å². The van der Waals surface area contributed by atoms with Crippen molar-refractivity contribution >= 4 is 5.95 Å². The molecule has 1 aromatic carbocycles. The molecule has 2 rings (SSSR count). The minimum atomic E-state index is -0.127. The lowest BCUT2D eigenvalue weighted by atomic mass is 10.1. The number of methoxy groups -OCH3 is 1. The molecule has 0 spiro atoms. The Morgan fingerprint density at radius 1 is 1.33 bits per heavy atom. The van der Waals surface area contributed by atoms with Gasteiger partial charge < -0.3 is 10.1 Å². The van der Waals surface area contributed by atoms with Gasteiger partial charge in [-0.1, -0.05) is 25.5 Å². The number of hydrogen-bond acceptors (Lipinski definition) is 4. The van der Waals surface area contributed by atoms with Crippen molar-refractivity contribution in [1.82, 2.24) is 9.97 Å². The van der Waals surface area contributed by atoms with E-state index in [0.29, 0.717) is 5.95 Å². The summed E-state index contributed by atoms with van der Waals surface area (Å²) < 4.78 is 5.15. The Balaban J connectivity index is 2.14. The molecular weight excluding hydrogens is 266 g/mol. The number of aromatic amines is 1. The van der Waals surface area contributed by atoms with Crippen LogP contribution >= 0.6 is 0 Å². The van der Waals surface area contributed by atoms with E-state index in [0.717, 1.165) is 29.8 Å². The maximum Gasteiger partial charge on any atom is 0.252 e. The first-order chi connectivity index (χ1) is 10.1. The molecule has 5 nitrogen and oxygen atoms in total. The Bertz CT molecular complexity index is 635. The Morgan fingerprint density at radius 2 is 2.05 bits per heavy atom. The van der Waals surface area contributed by atoms with E-state index in [2.05, 4.69) is 22.2 Å². The molecule has 0 aliphatic heterocycles. The number of benzene rings is 1. The minimum Gasteiger partial charge on any atom is -0.497 e. The molecule has 0 saturated carbocycles. The van der Waals surface area contributed by atoms with E-state index in [1.807, 2.05) is 31.2 Å². The monoisotopic (exact) mass is 287 g/mol. The predicted octanol–water partition coefficient (Wildman–Crippen LogP) is 2.90. The van der Waals surface area contributed by atoms with Gasteiger partial charge in [0.05, 0.1) is 13.2 Å². The number of anilines is 1. The van der Waals surface area contributed by atoms with Gasteiger partial charge in [-0.2, -0.15) is 0 Å². The van der Waals surface area contributed by atoms with Crippen LogP contribution in [0.2, 0.25) is 0 Å². The summed E-state index contributed by atoms with van der Waals surface area (Å²) in [5.74, 6) is 1.33. The van der Waals surface area contributed by atoms with Gasteiger partial charge in [-0.05, 0) is 31.0 Å². The smallest absolute Gasteiger partial charge is 0.252 e. The van der Waals surface area contributed by atoms with Crippen LogP contribution in [0.15, 0.2) is 35.1 Å². The topological polar surface area (TPSA) is 67.0 Å². The second-order valence-corrected chi connectivity index (χ2v) is 4.97. The van der Waals surface area contributed by atoms with Crippen molar-refractivity contribution in [3.8, 4) is 5.75 Å². The number of nitrogens with one attached hydrogen (secondary N) is 2. The summed E-state index contributed by atoms with van der Waals surface area (Å²) in [7, 11) is 1.64. The van der Waals surface area contributed by atoms with Gasteiger partial charge in [0.2, 0.25) is 5.95 Å². The highest BCUT2D eigenvalue weighted by atomic mass is 16.5. The lowest BCUT2D eigenvalue weighted by Crippen LogP contribution is -2.16. The molecule has 5 heteroatoms. The van der Waals surface area contributed by atoms with Crippen molar-refractivity contribution in [2.24, 2.45) is 0 Å². The van der Waals surface area contributed by atoms with Gasteiger partial charge in [-0.25, -0.2) is 4.98 Å². The molecule has 0 fully saturated rings. The number of aromatic nitrogens is 2. The Kier molecular flexibility index (Phi) is 4.98. The van der Waals surface area contributed by atoms with Gasteiger partial charge in [0.15, 0.2) is 0 Å². The van der Waals surface area contributed by atoms with Gasteiger partial charge in [-0.15, -0.1) is 0 Å². The molecule has 0 saturated heterocycles. The van der Waals surface area contributed by atoms with Crippen LogP contribution in [0.4, 0.5) is 5.95 Å². The molecule has 0 amide bonds. The van der Waals surface area contributed by atoms with E-state index in [4.69, 9.17) is 4.74 Å². The first-order valence-electron chi connectivity index (χ1n) is 7.13. The first kappa shape index (κ1) is 15.1. The molecule has 1 heterocycles. The van der Waals surface area contributed by atoms with Crippen LogP contribution in [0.3, 0.4) is 0 Å². The second kappa shape index (κ2) is 6.92.